The van der Waals surface area contributed by atoms with E-state index in [0.29, 0.717) is 5.69 Å². The minimum Gasteiger partial charge on any atom is -0.503 e. The quantitative estimate of drug-likeness (QED) is 0.751. The number of benzene rings is 2. The molecule has 17 heavy (non-hydrogen) atoms. The number of phenols is 1. The Kier molecular flexibility index (Phi) is 7.59. The highest BCUT2D eigenvalue weighted by Crippen LogP contribution is 2.34. The van der Waals surface area contributed by atoms with Crippen LogP contribution < -0.4 is 5.73 Å². The standard InChI is InChI=1S/C10H8BrNO.2C2H6/c11-8-5-9(13)10(12)7-4-2-1-3-6(7)8;2*1-2/h1-5,13H,12H2;2*1-2H3/p+1. The number of quaternary nitrogens is 1. The molecule has 94 valence electrons. The molecule has 0 bridgehead atoms. The van der Waals surface area contributed by atoms with Crippen LogP contribution in [0.2, 0.25) is 0 Å². The van der Waals surface area contributed by atoms with E-state index in [1.54, 1.807) is 6.07 Å². The van der Waals surface area contributed by atoms with Crippen LogP contribution >= 0.6 is 15.9 Å². The van der Waals surface area contributed by atoms with Crippen LogP contribution in [0.15, 0.2) is 34.8 Å². The normalized spacial score (nSPS) is 8.82. The third-order valence-electron chi connectivity index (χ3n) is 2.08. The van der Waals surface area contributed by atoms with Crippen molar-refractivity contribution >= 4 is 32.4 Å². The van der Waals surface area contributed by atoms with Gasteiger partial charge in [0.25, 0.3) is 0 Å². The Labute approximate surface area is 112 Å². The van der Waals surface area contributed by atoms with E-state index in [9.17, 15) is 5.11 Å². The van der Waals surface area contributed by atoms with Gasteiger partial charge >= 0.3 is 0 Å². The summed E-state index contributed by atoms with van der Waals surface area (Å²) in [5.74, 6) is 0.227. The second-order valence-corrected chi connectivity index (χ2v) is 3.76. The average Bonchev–Trinajstić information content (AvgIpc) is 2.41. The summed E-state index contributed by atoms with van der Waals surface area (Å²) < 4.78 is 0.896. The fraction of sp³-hybridized carbons (Fsp3) is 0.286. The predicted molar refractivity (Wildman–Crippen MR) is 78.6 cm³/mol. The number of aromatic hydroxyl groups is 1. The lowest BCUT2D eigenvalue weighted by atomic mass is 10.1. The molecule has 0 aromatic heterocycles. The monoisotopic (exact) mass is 298 g/mol. The Morgan fingerprint density at radius 3 is 2.00 bits per heavy atom. The SMILES string of the molecule is CC.CC.[NH3+]c1c(O)cc(Br)c2ccccc12. The molecule has 0 saturated carbocycles. The molecule has 3 heteroatoms. The molecule has 2 rings (SSSR count). The van der Waals surface area contributed by atoms with E-state index in [1.807, 2.05) is 52.0 Å². The molecule has 0 aliphatic heterocycles. The molecule has 2 nitrogen and oxygen atoms in total. The molecule has 0 fully saturated rings. The van der Waals surface area contributed by atoms with Crippen molar-refractivity contribution in [2.75, 3.05) is 0 Å². The Hall–Kier alpha value is -1.06. The van der Waals surface area contributed by atoms with Gasteiger partial charge in [-0.25, -0.2) is 0 Å². The second kappa shape index (κ2) is 8.09. The van der Waals surface area contributed by atoms with Gasteiger partial charge in [0.05, 0.1) is 0 Å². The van der Waals surface area contributed by atoms with Crippen LogP contribution in [0.25, 0.3) is 10.8 Å². The second-order valence-electron chi connectivity index (χ2n) is 2.90. The van der Waals surface area contributed by atoms with Gasteiger partial charge in [-0.05, 0) is 6.07 Å². The summed E-state index contributed by atoms with van der Waals surface area (Å²) in [4.78, 5) is 0. The molecule has 4 N–H and O–H groups in total. The van der Waals surface area contributed by atoms with Gasteiger partial charge in [-0.15, -0.1) is 0 Å². The first kappa shape index (κ1) is 15.9. The number of hydrogen-bond donors (Lipinski definition) is 2. The number of hydrogen-bond acceptors (Lipinski definition) is 1. The number of rotatable bonds is 0. The maximum atomic E-state index is 9.51. The highest BCUT2D eigenvalue weighted by molar-refractivity contribution is 9.10. The molecular formula is C14H21BrNO+. The summed E-state index contributed by atoms with van der Waals surface area (Å²) in [6, 6.07) is 9.51. The smallest absolute Gasteiger partial charge is 0.178 e. The summed E-state index contributed by atoms with van der Waals surface area (Å²) in [5, 5.41) is 11.6. The molecule has 0 aliphatic carbocycles. The highest BCUT2D eigenvalue weighted by Gasteiger charge is 2.08. The summed E-state index contributed by atoms with van der Waals surface area (Å²) >= 11 is 3.39. The molecule has 0 atom stereocenters. The molecule has 0 unspecified atom stereocenters. The predicted octanol–water partition coefficient (Wildman–Crippen LogP) is 4.23. The number of phenolic OH excluding ortho intramolecular Hbond substituents is 1. The molecule has 0 amide bonds. The van der Waals surface area contributed by atoms with Gasteiger partial charge in [0, 0.05) is 21.3 Å². The summed E-state index contributed by atoms with van der Waals surface area (Å²) in [6.45, 7) is 8.00. The van der Waals surface area contributed by atoms with Crippen molar-refractivity contribution in [3.63, 3.8) is 0 Å². The van der Waals surface area contributed by atoms with E-state index in [-0.39, 0.29) is 5.75 Å². The summed E-state index contributed by atoms with van der Waals surface area (Å²) in [5.41, 5.74) is 4.50. The van der Waals surface area contributed by atoms with Gasteiger partial charge in [-0.3, -0.25) is 0 Å². The van der Waals surface area contributed by atoms with Crippen molar-refractivity contribution in [3.8, 4) is 5.75 Å². The van der Waals surface area contributed by atoms with Crippen LogP contribution in [0, 0.1) is 0 Å². The fourth-order valence-electron chi connectivity index (χ4n) is 1.38. The van der Waals surface area contributed by atoms with Gasteiger partial charge in [0.15, 0.2) is 11.4 Å². The van der Waals surface area contributed by atoms with Gasteiger partial charge in [-0.1, -0.05) is 61.8 Å². The highest BCUT2D eigenvalue weighted by atomic mass is 79.9. The van der Waals surface area contributed by atoms with Gasteiger partial charge in [0.2, 0.25) is 0 Å². The van der Waals surface area contributed by atoms with Crippen molar-refractivity contribution in [2.24, 2.45) is 0 Å². The first-order valence-electron chi connectivity index (χ1n) is 5.92. The van der Waals surface area contributed by atoms with Crippen molar-refractivity contribution in [2.45, 2.75) is 27.7 Å². The zero-order valence-electron chi connectivity index (χ0n) is 10.9. The third kappa shape index (κ3) is 3.72. The van der Waals surface area contributed by atoms with Crippen LogP contribution in [0.3, 0.4) is 0 Å². The van der Waals surface area contributed by atoms with E-state index in [4.69, 9.17) is 0 Å². The van der Waals surface area contributed by atoms with Crippen molar-refractivity contribution < 1.29 is 10.8 Å². The minimum atomic E-state index is 0.227. The molecule has 0 radical (unpaired) electrons. The van der Waals surface area contributed by atoms with Crippen molar-refractivity contribution in [3.05, 3.63) is 34.8 Å². The molecule has 0 saturated heterocycles. The van der Waals surface area contributed by atoms with Gasteiger partial charge in [-0.2, -0.15) is 0 Å². The van der Waals surface area contributed by atoms with E-state index in [0.717, 1.165) is 15.2 Å². The van der Waals surface area contributed by atoms with Crippen molar-refractivity contribution in [1.82, 2.24) is 0 Å². The molecule has 0 aliphatic rings. The Morgan fingerprint density at radius 2 is 1.47 bits per heavy atom. The van der Waals surface area contributed by atoms with Crippen LogP contribution in [0.5, 0.6) is 5.75 Å². The largest absolute Gasteiger partial charge is 0.503 e. The average molecular weight is 299 g/mol. The van der Waals surface area contributed by atoms with Crippen LogP contribution in [-0.4, -0.2) is 5.11 Å². The van der Waals surface area contributed by atoms with Crippen LogP contribution in [0.1, 0.15) is 27.7 Å². The Morgan fingerprint density at radius 1 is 1.00 bits per heavy atom. The van der Waals surface area contributed by atoms with Gasteiger partial charge < -0.3 is 10.8 Å². The van der Waals surface area contributed by atoms with Crippen LogP contribution in [0.4, 0.5) is 5.69 Å². The fourth-order valence-corrected chi connectivity index (χ4v) is 1.94. The maximum Gasteiger partial charge on any atom is 0.178 e. The lowest BCUT2D eigenvalue weighted by molar-refractivity contribution is -0.254. The van der Waals surface area contributed by atoms with Crippen LogP contribution in [-0.2, 0) is 0 Å². The molecule has 2 aromatic rings. The van der Waals surface area contributed by atoms with E-state index in [1.165, 1.54) is 0 Å². The zero-order chi connectivity index (χ0) is 13.4. The Balaban J connectivity index is 0.000000581. The lowest BCUT2D eigenvalue weighted by Crippen LogP contribution is -2.40. The van der Waals surface area contributed by atoms with E-state index in [2.05, 4.69) is 21.7 Å². The number of halogens is 1. The zero-order valence-corrected chi connectivity index (χ0v) is 12.5. The van der Waals surface area contributed by atoms with Crippen molar-refractivity contribution in [1.29, 1.82) is 0 Å². The third-order valence-corrected chi connectivity index (χ3v) is 2.74. The molecule has 2 aromatic carbocycles. The van der Waals surface area contributed by atoms with E-state index < -0.39 is 0 Å². The van der Waals surface area contributed by atoms with Gasteiger partial charge in [0.1, 0.15) is 0 Å². The summed E-state index contributed by atoms with van der Waals surface area (Å²) in [7, 11) is 0. The minimum absolute atomic E-state index is 0.227. The molecular weight excluding hydrogens is 278 g/mol. The van der Waals surface area contributed by atoms with E-state index >= 15 is 0 Å². The summed E-state index contributed by atoms with van der Waals surface area (Å²) in [6.07, 6.45) is 0. The first-order valence-corrected chi connectivity index (χ1v) is 6.71. The number of fused-ring (bicyclic) bond motifs is 1. The lowest BCUT2D eigenvalue weighted by Gasteiger charge is -2.02. The molecule has 0 spiro atoms. The topological polar surface area (TPSA) is 47.9 Å². The Bertz CT molecular complexity index is 469. The maximum absolute atomic E-state index is 9.51. The first-order chi connectivity index (χ1) is 8.20. The molecule has 0 heterocycles.